The van der Waals surface area contributed by atoms with Crippen LogP contribution in [0.2, 0.25) is 0 Å². The van der Waals surface area contributed by atoms with Crippen molar-refractivity contribution in [3.05, 3.63) is 71.8 Å². The summed E-state index contributed by atoms with van der Waals surface area (Å²) in [4.78, 5) is 24.1. The van der Waals surface area contributed by atoms with E-state index in [1.807, 2.05) is 24.3 Å². The molecule has 2 rings (SSSR count). The van der Waals surface area contributed by atoms with Crippen molar-refractivity contribution in [3.8, 4) is 11.5 Å². The molecule has 0 unspecified atom stereocenters. The van der Waals surface area contributed by atoms with Crippen LogP contribution in [0.4, 0.5) is 0 Å². The Bertz CT molecular complexity index is 902. The zero-order chi connectivity index (χ0) is 25.3. The minimum Gasteiger partial charge on any atom is -0.494 e. The molecule has 0 aliphatic rings. The molecule has 6 nitrogen and oxygen atoms in total. The Kier molecular flexibility index (Phi) is 13.3. The molecule has 6 heteroatoms. The Labute approximate surface area is 209 Å². The van der Waals surface area contributed by atoms with E-state index in [9.17, 15) is 9.59 Å². The van der Waals surface area contributed by atoms with Crippen molar-refractivity contribution in [1.29, 1.82) is 0 Å². The molecule has 0 spiro atoms. The van der Waals surface area contributed by atoms with Gasteiger partial charge in [-0.3, -0.25) is 4.79 Å². The second kappa shape index (κ2) is 16.5. The fraction of sp³-hybridized carbons (Fsp3) is 0.448. The molecule has 0 heterocycles. The number of hydrogen-bond acceptors (Lipinski definition) is 6. The van der Waals surface area contributed by atoms with E-state index >= 15 is 0 Å². The van der Waals surface area contributed by atoms with Gasteiger partial charge in [0.15, 0.2) is 5.78 Å². The number of ketones is 1. The van der Waals surface area contributed by atoms with Crippen LogP contribution in [0.15, 0.2) is 60.7 Å². The van der Waals surface area contributed by atoms with Crippen LogP contribution in [0, 0.1) is 0 Å². The highest BCUT2D eigenvalue weighted by atomic mass is 16.5. The maximum absolute atomic E-state index is 12.8. The van der Waals surface area contributed by atoms with Crippen molar-refractivity contribution in [2.75, 3.05) is 33.5 Å². The molecule has 0 saturated heterocycles. The molecule has 2 aromatic rings. The number of benzene rings is 2. The predicted octanol–water partition coefficient (Wildman–Crippen LogP) is 6.17. The first-order valence-electron chi connectivity index (χ1n) is 12.3. The number of carbonyl (C=O) groups excluding carboxylic acids is 2. The van der Waals surface area contributed by atoms with Gasteiger partial charge in [-0.2, -0.15) is 0 Å². The number of ether oxygens (including phenoxy) is 4. The smallest absolute Gasteiger partial charge is 0.333 e. The van der Waals surface area contributed by atoms with Crippen LogP contribution in [0.1, 0.15) is 67.8 Å². The van der Waals surface area contributed by atoms with E-state index in [1.165, 1.54) is 0 Å². The van der Waals surface area contributed by atoms with E-state index in [-0.39, 0.29) is 11.8 Å². The highest BCUT2D eigenvalue weighted by Gasteiger charge is 2.10. The van der Waals surface area contributed by atoms with Crippen LogP contribution < -0.4 is 9.47 Å². The fourth-order valence-corrected chi connectivity index (χ4v) is 3.32. The van der Waals surface area contributed by atoms with Crippen LogP contribution in [0.25, 0.3) is 0 Å². The van der Waals surface area contributed by atoms with Crippen molar-refractivity contribution >= 4 is 11.8 Å². The van der Waals surface area contributed by atoms with Crippen LogP contribution in [0.5, 0.6) is 11.5 Å². The molecule has 0 saturated carbocycles. The molecule has 0 aliphatic carbocycles. The molecule has 0 N–H and O–H groups in total. The van der Waals surface area contributed by atoms with Crippen molar-refractivity contribution in [2.24, 2.45) is 0 Å². The molecule has 0 radical (unpaired) electrons. The van der Waals surface area contributed by atoms with E-state index in [1.54, 1.807) is 38.3 Å². The van der Waals surface area contributed by atoms with E-state index in [2.05, 4.69) is 6.58 Å². The zero-order valence-electron chi connectivity index (χ0n) is 21.1. The first-order valence-corrected chi connectivity index (χ1v) is 12.3. The van der Waals surface area contributed by atoms with Crippen LogP contribution >= 0.6 is 0 Å². The lowest BCUT2D eigenvalue weighted by molar-refractivity contribution is -0.139. The molecule has 35 heavy (non-hydrogen) atoms. The van der Waals surface area contributed by atoms with Gasteiger partial charge < -0.3 is 18.9 Å². The molecular weight excluding hydrogens is 444 g/mol. The van der Waals surface area contributed by atoms with Crippen molar-refractivity contribution in [3.63, 3.8) is 0 Å². The number of methoxy groups -OCH3 is 1. The van der Waals surface area contributed by atoms with Gasteiger partial charge in [0.05, 0.1) is 19.8 Å². The van der Waals surface area contributed by atoms with Crippen molar-refractivity contribution in [1.82, 2.24) is 0 Å². The Morgan fingerprint density at radius 3 is 1.54 bits per heavy atom. The summed E-state index contributed by atoms with van der Waals surface area (Å²) in [6, 6.07) is 14.5. The van der Waals surface area contributed by atoms with Crippen molar-refractivity contribution in [2.45, 2.75) is 51.9 Å². The minimum atomic E-state index is -0.347. The summed E-state index contributed by atoms with van der Waals surface area (Å²) in [7, 11) is 1.72. The van der Waals surface area contributed by atoms with Crippen LogP contribution in [-0.4, -0.2) is 45.3 Å². The van der Waals surface area contributed by atoms with E-state index in [0.29, 0.717) is 36.5 Å². The first kappa shape index (κ1) is 28.1. The standard InChI is InChI=1S/C29H38O6/c1-23(2)29(31)35-22-10-6-9-21-34-27-17-13-25(14-18-27)28(30)24-11-15-26(16-12-24)33-20-8-5-4-7-19-32-3/h11-18H,1,4-10,19-22H2,2-3H3. The molecule has 0 bridgehead atoms. The quantitative estimate of drug-likeness (QED) is 0.109. The Morgan fingerprint density at radius 1 is 0.657 bits per heavy atom. The zero-order valence-corrected chi connectivity index (χ0v) is 21.1. The summed E-state index contributed by atoms with van der Waals surface area (Å²) in [5.41, 5.74) is 1.65. The predicted molar refractivity (Wildman–Crippen MR) is 137 cm³/mol. The molecule has 190 valence electrons. The lowest BCUT2D eigenvalue weighted by Crippen LogP contribution is -2.06. The van der Waals surface area contributed by atoms with Crippen molar-refractivity contribution < 1.29 is 28.5 Å². The lowest BCUT2D eigenvalue weighted by atomic mass is 10.0. The summed E-state index contributed by atoms with van der Waals surface area (Å²) in [6.45, 7) is 7.63. The molecule has 0 amide bonds. The van der Waals surface area contributed by atoms with Gasteiger partial charge in [-0.15, -0.1) is 0 Å². The maximum atomic E-state index is 12.8. The van der Waals surface area contributed by atoms with E-state index in [0.717, 1.165) is 63.1 Å². The van der Waals surface area contributed by atoms with Crippen LogP contribution in [-0.2, 0) is 14.3 Å². The monoisotopic (exact) mass is 482 g/mol. The minimum absolute atomic E-state index is 0.0365. The highest BCUT2D eigenvalue weighted by molar-refractivity contribution is 6.09. The summed E-state index contributed by atoms with van der Waals surface area (Å²) in [5.74, 6) is 1.11. The van der Waals surface area contributed by atoms with E-state index in [4.69, 9.17) is 18.9 Å². The van der Waals surface area contributed by atoms with Gasteiger partial charge in [-0.25, -0.2) is 4.79 Å². The van der Waals surface area contributed by atoms with Gasteiger partial charge in [0.2, 0.25) is 0 Å². The molecule has 2 aromatic carbocycles. The second-order valence-corrected chi connectivity index (χ2v) is 8.46. The molecule has 0 aromatic heterocycles. The summed E-state index contributed by atoms with van der Waals surface area (Å²) in [6.07, 6.45) is 6.88. The van der Waals surface area contributed by atoms with Gasteiger partial charge in [0, 0.05) is 30.4 Å². The highest BCUT2D eigenvalue weighted by Crippen LogP contribution is 2.19. The largest absolute Gasteiger partial charge is 0.494 e. The number of unbranched alkanes of at least 4 members (excludes halogenated alkanes) is 5. The Hall–Kier alpha value is -3.12. The number of carbonyl (C=O) groups is 2. The van der Waals surface area contributed by atoms with Gasteiger partial charge in [-0.05, 0) is 94.0 Å². The third-order valence-electron chi connectivity index (χ3n) is 5.38. The maximum Gasteiger partial charge on any atom is 0.333 e. The summed E-state index contributed by atoms with van der Waals surface area (Å²) >= 11 is 0. The summed E-state index contributed by atoms with van der Waals surface area (Å²) in [5, 5.41) is 0. The van der Waals surface area contributed by atoms with Gasteiger partial charge in [-0.1, -0.05) is 13.0 Å². The molecule has 0 fully saturated rings. The first-order chi connectivity index (χ1) is 17.0. The van der Waals surface area contributed by atoms with Gasteiger partial charge >= 0.3 is 5.97 Å². The average molecular weight is 483 g/mol. The fourth-order valence-electron chi connectivity index (χ4n) is 3.32. The topological polar surface area (TPSA) is 71.1 Å². The third-order valence-corrected chi connectivity index (χ3v) is 5.38. The van der Waals surface area contributed by atoms with E-state index < -0.39 is 0 Å². The molecule has 0 atom stereocenters. The Morgan fingerprint density at radius 2 is 1.09 bits per heavy atom. The number of esters is 1. The SMILES string of the molecule is C=C(C)C(=O)OCCCCCOc1ccc(C(=O)c2ccc(OCCCCCCOC)cc2)cc1. The lowest BCUT2D eigenvalue weighted by Gasteiger charge is -2.09. The van der Waals surface area contributed by atoms with Crippen LogP contribution in [0.3, 0.4) is 0 Å². The molecular formula is C29H38O6. The average Bonchev–Trinajstić information content (AvgIpc) is 2.87. The number of hydrogen-bond donors (Lipinski definition) is 0. The molecule has 0 aliphatic heterocycles. The third kappa shape index (κ3) is 11.2. The van der Waals surface area contributed by atoms with Gasteiger partial charge in [0.1, 0.15) is 11.5 Å². The summed E-state index contributed by atoms with van der Waals surface area (Å²) < 4.78 is 21.6. The Balaban J connectivity index is 1.66. The second-order valence-electron chi connectivity index (χ2n) is 8.46. The normalized spacial score (nSPS) is 10.6. The van der Waals surface area contributed by atoms with Gasteiger partial charge in [0.25, 0.3) is 0 Å². The number of rotatable bonds is 18.